The van der Waals surface area contributed by atoms with Gasteiger partial charge in [0.05, 0.1) is 6.61 Å². The van der Waals surface area contributed by atoms with Gasteiger partial charge in [-0.2, -0.15) is 0 Å². The zero-order valence-electron chi connectivity index (χ0n) is 15.9. The van der Waals surface area contributed by atoms with Crippen LogP contribution in [0.3, 0.4) is 0 Å². The van der Waals surface area contributed by atoms with Gasteiger partial charge in [0.15, 0.2) is 0 Å². The molecule has 2 rings (SSSR count). The second-order valence-corrected chi connectivity index (χ2v) is 6.25. The fourth-order valence-electron chi connectivity index (χ4n) is 2.79. The lowest BCUT2D eigenvalue weighted by Crippen LogP contribution is -2.37. The van der Waals surface area contributed by atoms with E-state index >= 15 is 0 Å². The highest BCUT2D eigenvalue weighted by atomic mass is 16.5. The third kappa shape index (κ3) is 7.94. The number of carbonyl (C=O) groups excluding carboxylic acids is 2. The predicted octanol–water partition coefficient (Wildman–Crippen LogP) is 3.44. The molecule has 5 nitrogen and oxygen atoms in total. The van der Waals surface area contributed by atoms with E-state index in [0.29, 0.717) is 19.7 Å². The Bertz CT molecular complexity index is 646. The summed E-state index contributed by atoms with van der Waals surface area (Å²) in [7, 11) is 0. The highest BCUT2D eigenvalue weighted by Crippen LogP contribution is 2.06. The zero-order valence-corrected chi connectivity index (χ0v) is 15.9. The van der Waals surface area contributed by atoms with Gasteiger partial charge in [-0.15, -0.1) is 0 Å². The highest BCUT2D eigenvalue weighted by molar-refractivity contribution is 5.77. The molecule has 2 amide bonds. The number of benzene rings is 2. The van der Waals surface area contributed by atoms with Crippen LogP contribution in [0.15, 0.2) is 60.7 Å². The van der Waals surface area contributed by atoms with Crippen LogP contribution in [0, 0.1) is 0 Å². The van der Waals surface area contributed by atoms with Crippen LogP contribution >= 0.6 is 0 Å². The number of hydrogen-bond donors (Lipinski definition) is 1. The van der Waals surface area contributed by atoms with E-state index in [1.54, 1.807) is 6.92 Å². The molecule has 0 saturated heterocycles. The van der Waals surface area contributed by atoms with Gasteiger partial charge in [0, 0.05) is 26.1 Å². The van der Waals surface area contributed by atoms with Gasteiger partial charge in [-0.25, -0.2) is 4.79 Å². The van der Waals surface area contributed by atoms with E-state index in [4.69, 9.17) is 4.74 Å². The van der Waals surface area contributed by atoms with Crippen LogP contribution in [0.2, 0.25) is 0 Å². The Labute approximate surface area is 161 Å². The summed E-state index contributed by atoms with van der Waals surface area (Å²) < 4.78 is 4.82. The van der Waals surface area contributed by atoms with Crippen LogP contribution in [-0.2, 0) is 22.4 Å². The van der Waals surface area contributed by atoms with Crippen molar-refractivity contribution >= 4 is 12.0 Å². The van der Waals surface area contributed by atoms with Gasteiger partial charge in [0.25, 0.3) is 0 Å². The number of carbonyl (C=O) groups is 2. The first-order valence-corrected chi connectivity index (χ1v) is 9.45. The molecule has 27 heavy (non-hydrogen) atoms. The number of amides is 2. The number of nitrogens with zero attached hydrogens (tertiary/aromatic N) is 1. The molecule has 2 aromatic rings. The molecule has 144 valence electrons. The lowest BCUT2D eigenvalue weighted by Gasteiger charge is -2.23. The smallest absolute Gasteiger partial charge is 0.407 e. The SMILES string of the molecule is CCOC(=O)NCCC(=O)N(CCc1ccccc1)CCc1ccccc1. The Morgan fingerprint density at radius 3 is 1.89 bits per heavy atom. The van der Waals surface area contributed by atoms with Gasteiger partial charge < -0.3 is 15.0 Å². The summed E-state index contributed by atoms with van der Waals surface area (Å²) >= 11 is 0. The summed E-state index contributed by atoms with van der Waals surface area (Å²) in [6, 6.07) is 20.3. The first-order valence-electron chi connectivity index (χ1n) is 9.45. The molecule has 0 radical (unpaired) electrons. The first kappa shape index (κ1) is 20.5. The van der Waals surface area contributed by atoms with Crippen LogP contribution in [0.1, 0.15) is 24.5 Å². The predicted molar refractivity (Wildman–Crippen MR) is 107 cm³/mol. The van der Waals surface area contributed by atoms with Crippen molar-refractivity contribution in [2.75, 3.05) is 26.2 Å². The van der Waals surface area contributed by atoms with Crippen molar-refractivity contribution in [1.29, 1.82) is 0 Å². The van der Waals surface area contributed by atoms with E-state index in [-0.39, 0.29) is 18.9 Å². The topological polar surface area (TPSA) is 58.6 Å². The van der Waals surface area contributed by atoms with Crippen molar-refractivity contribution in [3.8, 4) is 0 Å². The van der Waals surface area contributed by atoms with Crippen LogP contribution in [0.25, 0.3) is 0 Å². The summed E-state index contributed by atoms with van der Waals surface area (Å²) in [5, 5.41) is 2.61. The number of ether oxygens (including phenoxy) is 1. The quantitative estimate of drug-likeness (QED) is 0.699. The van der Waals surface area contributed by atoms with Gasteiger partial charge in [0.1, 0.15) is 0 Å². The van der Waals surface area contributed by atoms with E-state index in [9.17, 15) is 9.59 Å². The van der Waals surface area contributed by atoms with E-state index in [0.717, 1.165) is 12.8 Å². The van der Waals surface area contributed by atoms with Crippen LogP contribution in [-0.4, -0.2) is 43.1 Å². The van der Waals surface area contributed by atoms with Crippen molar-refractivity contribution in [2.45, 2.75) is 26.2 Å². The Balaban J connectivity index is 1.88. The molecule has 1 N–H and O–H groups in total. The van der Waals surface area contributed by atoms with Crippen molar-refractivity contribution in [3.63, 3.8) is 0 Å². The standard InChI is InChI=1S/C22H28N2O3/c1-2-27-22(26)23-16-13-21(25)24(17-14-19-9-5-3-6-10-19)18-15-20-11-7-4-8-12-20/h3-12H,2,13-18H2,1H3,(H,23,26). The molecule has 0 aromatic heterocycles. The number of rotatable bonds is 10. The normalized spacial score (nSPS) is 10.3. The van der Waals surface area contributed by atoms with E-state index in [2.05, 4.69) is 29.6 Å². The summed E-state index contributed by atoms with van der Waals surface area (Å²) in [5.74, 6) is 0.0404. The molecule has 0 bridgehead atoms. The molecule has 5 heteroatoms. The third-order valence-electron chi connectivity index (χ3n) is 4.26. The van der Waals surface area contributed by atoms with Gasteiger partial charge in [-0.1, -0.05) is 60.7 Å². The average Bonchev–Trinajstić information content (AvgIpc) is 2.69. The Morgan fingerprint density at radius 2 is 1.41 bits per heavy atom. The third-order valence-corrected chi connectivity index (χ3v) is 4.26. The van der Waals surface area contributed by atoms with E-state index in [1.165, 1.54) is 11.1 Å². The van der Waals surface area contributed by atoms with Gasteiger partial charge in [-0.3, -0.25) is 4.79 Å². The summed E-state index contributed by atoms with van der Waals surface area (Å²) in [4.78, 5) is 25.9. The molecular weight excluding hydrogens is 340 g/mol. The average molecular weight is 368 g/mol. The molecule has 0 atom stereocenters. The lowest BCUT2D eigenvalue weighted by atomic mass is 10.1. The number of nitrogens with one attached hydrogen (secondary N) is 1. The second kappa shape index (κ2) is 11.7. The molecule has 0 aliphatic heterocycles. The summed E-state index contributed by atoms with van der Waals surface area (Å²) in [5.41, 5.74) is 2.42. The molecule has 0 aliphatic carbocycles. The largest absolute Gasteiger partial charge is 0.450 e. The Hall–Kier alpha value is -2.82. The Morgan fingerprint density at radius 1 is 0.889 bits per heavy atom. The van der Waals surface area contributed by atoms with Crippen molar-refractivity contribution in [3.05, 3.63) is 71.8 Å². The molecule has 0 heterocycles. The minimum atomic E-state index is -0.481. The number of hydrogen-bond acceptors (Lipinski definition) is 3. The fourth-order valence-corrected chi connectivity index (χ4v) is 2.79. The minimum absolute atomic E-state index is 0.0404. The molecule has 2 aromatic carbocycles. The maximum atomic E-state index is 12.7. The van der Waals surface area contributed by atoms with Crippen LogP contribution in [0.4, 0.5) is 4.79 Å². The minimum Gasteiger partial charge on any atom is -0.450 e. The molecule has 0 aliphatic rings. The molecule has 0 spiro atoms. The van der Waals surface area contributed by atoms with Crippen LogP contribution < -0.4 is 5.32 Å². The first-order chi connectivity index (χ1) is 13.2. The highest BCUT2D eigenvalue weighted by Gasteiger charge is 2.14. The lowest BCUT2D eigenvalue weighted by molar-refractivity contribution is -0.131. The zero-order chi connectivity index (χ0) is 19.3. The van der Waals surface area contributed by atoms with Crippen LogP contribution in [0.5, 0.6) is 0 Å². The summed E-state index contributed by atoms with van der Waals surface area (Å²) in [6.45, 7) is 3.68. The monoisotopic (exact) mass is 368 g/mol. The van der Waals surface area contributed by atoms with Crippen molar-refractivity contribution in [2.24, 2.45) is 0 Å². The van der Waals surface area contributed by atoms with E-state index in [1.807, 2.05) is 41.3 Å². The van der Waals surface area contributed by atoms with Gasteiger partial charge in [-0.05, 0) is 30.9 Å². The molecule has 0 fully saturated rings. The molecule has 0 unspecified atom stereocenters. The van der Waals surface area contributed by atoms with Gasteiger partial charge in [0.2, 0.25) is 5.91 Å². The van der Waals surface area contributed by atoms with Gasteiger partial charge >= 0.3 is 6.09 Å². The maximum Gasteiger partial charge on any atom is 0.407 e. The molecule has 0 saturated carbocycles. The van der Waals surface area contributed by atoms with Crippen molar-refractivity contribution < 1.29 is 14.3 Å². The van der Waals surface area contributed by atoms with Crippen molar-refractivity contribution in [1.82, 2.24) is 10.2 Å². The maximum absolute atomic E-state index is 12.7. The second-order valence-electron chi connectivity index (χ2n) is 6.25. The fraction of sp³-hybridized carbons (Fsp3) is 0.364. The van der Waals surface area contributed by atoms with E-state index < -0.39 is 6.09 Å². The Kier molecular flexibility index (Phi) is 8.90. The summed E-state index contributed by atoms with van der Waals surface area (Å²) in [6.07, 6.45) is 1.41. The number of alkyl carbamates (subject to hydrolysis) is 1. The molecular formula is C22H28N2O3.